The van der Waals surface area contributed by atoms with Crippen LogP contribution in [0.25, 0.3) is 0 Å². The molecule has 0 saturated carbocycles. The molecule has 0 atom stereocenters. The topological polar surface area (TPSA) is 0 Å². The first kappa shape index (κ1) is 13.1. The van der Waals surface area contributed by atoms with Gasteiger partial charge in [-0.25, -0.2) is 0 Å². The van der Waals surface area contributed by atoms with Gasteiger partial charge in [0.2, 0.25) is 0 Å². The van der Waals surface area contributed by atoms with Gasteiger partial charge in [-0.3, -0.25) is 0 Å². The van der Waals surface area contributed by atoms with Gasteiger partial charge in [0.15, 0.2) is 0 Å². The van der Waals surface area contributed by atoms with Crippen molar-refractivity contribution in [3.8, 4) is 0 Å². The van der Waals surface area contributed by atoms with Crippen molar-refractivity contribution in [1.82, 2.24) is 0 Å². The van der Waals surface area contributed by atoms with Gasteiger partial charge < -0.3 is 0 Å². The molecule has 0 bridgehead atoms. The lowest BCUT2D eigenvalue weighted by Gasteiger charge is -1.79. The van der Waals surface area contributed by atoms with E-state index in [1.807, 2.05) is 0 Å². The third-order valence-corrected chi connectivity index (χ3v) is 2.83. The Morgan fingerprint density at radius 2 is 1.10 bits per heavy atom. The zero-order chi connectivity index (χ0) is 8.24. The fourth-order valence-corrected chi connectivity index (χ4v) is 2.12. The number of rotatable bonds is 4. The predicted octanol–water partition coefficient (Wildman–Crippen LogP) is 1.14. The molecule has 0 fully saturated rings. The first-order valence-corrected chi connectivity index (χ1v) is 7.66. The van der Waals surface area contributed by atoms with Gasteiger partial charge in [0.25, 0.3) is 0 Å². The van der Waals surface area contributed by atoms with Gasteiger partial charge in [-0.2, -0.15) is 0 Å². The quantitative estimate of drug-likeness (QED) is 0.564. The van der Waals surface area contributed by atoms with Crippen LogP contribution < -0.4 is 0 Å². The minimum atomic E-state index is 1.38. The number of hydrogen-bond acceptors (Lipinski definition) is 0. The molecule has 0 aromatic rings. The van der Waals surface area contributed by atoms with Crippen LogP contribution in [0.1, 0.15) is 39.5 Å². The highest BCUT2D eigenvalue weighted by molar-refractivity contribution is 6.08. The van der Waals surface area contributed by atoms with E-state index in [0.29, 0.717) is 0 Å². The predicted molar refractivity (Wildman–Crippen MR) is 59.3 cm³/mol. The highest BCUT2D eigenvalue weighted by Gasteiger charge is 1.68. The lowest BCUT2D eigenvalue weighted by Crippen LogP contribution is -1.63. The molecule has 2 heteroatoms. The van der Waals surface area contributed by atoms with Gasteiger partial charge in [-0.15, -0.1) is 0 Å². The van der Waals surface area contributed by atoms with Crippen molar-refractivity contribution in [2.75, 3.05) is 0 Å². The SMILES string of the molecule is CCCC[SiH3].CCCC[SiH3]. The summed E-state index contributed by atoms with van der Waals surface area (Å²) in [5.74, 6) is 0. The van der Waals surface area contributed by atoms with E-state index in [4.69, 9.17) is 0 Å². The van der Waals surface area contributed by atoms with Crippen LogP contribution >= 0.6 is 0 Å². The van der Waals surface area contributed by atoms with Crippen molar-refractivity contribution in [2.45, 2.75) is 51.6 Å². The smallest absolute Gasteiger partial charge is 0.00279 e. The van der Waals surface area contributed by atoms with Crippen LogP contribution in [0.5, 0.6) is 0 Å². The van der Waals surface area contributed by atoms with Crippen molar-refractivity contribution in [3.05, 3.63) is 0 Å². The summed E-state index contributed by atoms with van der Waals surface area (Å²) in [5.41, 5.74) is 0. The summed E-state index contributed by atoms with van der Waals surface area (Å²) in [6.07, 6.45) is 5.66. The average molecular weight is 176 g/mol. The van der Waals surface area contributed by atoms with Gasteiger partial charge in [-0.1, -0.05) is 51.6 Å². The van der Waals surface area contributed by atoms with Gasteiger partial charge in [0, 0.05) is 20.5 Å². The van der Waals surface area contributed by atoms with Crippen molar-refractivity contribution >= 4 is 20.5 Å². The van der Waals surface area contributed by atoms with E-state index in [0.717, 1.165) is 0 Å². The Bertz CT molecular complexity index is 28.2. The minimum Gasteiger partial charge on any atom is -0.0659 e. The summed E-state index contributed by atoms with van der Waals surface area (Å²) < 4.78 is 0. The molecule has 0 spiro atoms. The van der Waals surface area contributed by atoms with E-state index in [1.54, 1.807) is 0 Å². The zero-order valence-corrected chi connectivity index (χ0v) is 12.2. The zero-order valence-electron chi connectivity index (χ0n) is 8.24. The molecule has 0 heterocycles. The molecule has 0 aromatic carbocycles. The van der Waals surface area contributed by atoms with Crippen LogP contribution in [0.4, 0.5) is 0 Å². The molecule has 0 nitrogen and oxygen atoms in total. The Morgan fingerprint density at radius 1 is 0.800 bits per heavy atom. The fraction of sp³-hybridized carbons (Fsp3) is 1.00. The van der Waals surface area contributed by atoms with Crippen molar-refractivity contribution in [2.24, 2.45) is 0 Å². The van der Waals surface area contributed by atoms with Crippen LogP contribution in [0.15, 0.2) is 0 Å². The molecule has 0 saturated heterocycles. The molecule has 0 aromatic heterocycles. The molecule has 0 N–H and O–H groups in total. The summed E-state index contributed by atoms with van der Waals surface area (Å²) in [6.45, 7) is 4.47. The molecular formula is C8H24Si2. The maximum atomic E-state index is 2.23. The number of hydrogen-bond donors (Lipinski definition) is 0. The lowest BCUT2D eigenvalue weighted by atomic mass is 10.4. The minimum absolute atomic E-state index is 1.38. The second-order valence-corrected chi connectivity index (χ2v) is 4.71. The lowest BCUT2D eigenvalue weighted by molar-refractivity contribution is 0.884. The Kier molecular flexibility index (Phi) is 21.2. The fourth-order valence-electron chi connectivity index (χ4n) is 0.707. The van der Waals surface area contributed by atoms with Crippen molar-refractivity contribution in [1.29, 1.82) is 0 Å². The summed E-state index contributed by atoms with van der Waals surface area (Å²) in [7, 11) is 2.80. The summed E-state index contributed by atoms with van der Waals surface area (Å²) in [5, 5.41) is 0. The third-order valence-electron chi connectivity index (χ3n) is 1.41. The second kappa shape index (κ2) is 16.2. The largest absolute Gasteiger partial charge is 0.0659 e. The molecular weight excluding hydrogens is 152 g/mol. The molecule has 64 valence electrons. The summed E-state index contributed by atoms with van der Waals surface area (Å²) in [6, 6.07) is 2.97. The second-order valence-electron chi connectivity index (χ2n) is 2.71. The Labute approximate surface area is 72.6 Å². The summed E-state index contributed by atoms with van der Waals surface area (Å²) >= 11 is 0. The Morgan fingerprint density at radius 3 is 1.10 bits per heavy atom. The van der Waals surface area contributed by atoms with Crippen LogP contribution in [-0.4, -0.2) is 20.5 Å². The van der Waals surface area contributed by atoms with Crippen LogP contribution in [0.2, 0.25) is 12.1 Å². The van der Waals surface area contributed by atoms with Crippen LogP contribution in [0.3, 0.4) is 0 Å². The van der Waals surface area contributed by atoms with E-state index in [-0.39, 0.29) is 0 Å². The molecule has 0 aliphatic carbocycles. The third kappa shape index (κ3) is 23.7. The molecule has 0 aliphatic heterocycles. The highest BCUT2D eigenvalue weighted by Crippen LogP contribution is 1.87. The first-order chi connectivity index (χ1) is 4.83. The van der Waals surface area contributed by atoms with Gasteiger partial charge in [-0.05, 0) is 0 Å². The van der Waals surface area contributed by atoms with E-state index >= 15 is 0 Å². The van der Waals surface area contributed by atoms with Gasteiger partial charge in [0.1, 0.15) is 0 Å². The molecule has 0 radical (unpaired) electrons. The highest BCUT2D eigenvalue weighted by atomic mass is 28.1. The van der Waals surface area contributed by atoms with Crippen LogP contribution in [0, 0.1) is 0 Å². The van der Waals surface area contributed by atoms with Crippen LogP contribution in [-0.2, 0) is 0 Å². The van der Waals surface area contributed by atoms with Gasteiger partial charge >= 0.3 is 0 Å². The van der Waals surface area contributed by atoms with E-state index in [2.05, 4.69) is 13.8 Å². The maximum absolute atomic E-state index is 2.23. The normalized spacial score (nSPS) is 9.00. The van der Waals surface area contributed by atoms with E-state index < -0.39 is 0 Å². The average Bonchev–Trinajstić information content (AvgIpc) is 1.93. The van der Waals surface area contributed by atoms with Gasteiger partial charge in [0.05, 0.1) is 0 Å². The molecule has 0 rings (SSSR count). The summed E-state index contributed by atoms with van der Waals surface area (Å²) in [4.78, 5) is 0. The molecule has 10 heavy (non-hydrogen) atoms. The standard InChI is InChI=1S/2C4H12Si/c2*1-2-3-4-5/h2*2-4H2,1,5H3. The maximum Gasteiger partial charge on any atom is 0.00279 e. The van der Waals surface area contributed by atoms with Crippen molar-refractivity contribution < 1.29 is 0 Å². The van der Waals surface area contributed by atoms with E-state index in [1.165, 1.54) is 58.3 Å². The molecule has 0 unspecified atom stereocenters. The monoisotopic (exact) mass is 176 g/mol. The van der Waals surface area contributed by atoms with E-state index in [9.17, 15) is 0 Å². The molecule has 0 aliphatic rings. The molecule has 0 amide bonds. The Balaban J connectivity index is 0. The Hall–Kier alpha value is 0.434. The number of unbranched alkanes of at least 4 members (excludes halogenated alkanes) is 2. The first-order valence-electron chi connectivity index (χ1n) is 4.83. The van der Waals surface area contributed by atoms with Crippen molar-refractivity contribution in [3.63, 3.8) is 0 Å².